The van der Waals surface area contributed by atoms with Gasteiger partial charge in [-0.25, -0.2) is 0 Å². The van der Waals surface area contributed by atoms with E-state index in [9.17, 15) is 5.26 Å². The molecule has 3 aromatic rings. The molecule has 1 aromatic heterocycles. The van der Waals surface area contributed by atoms with E-state index < -0.39 is 0 Å². The lowest BCUT2D eigenvalue weighted by atomic mass is 10.0. The molecule has 0 saturated carbocycles. The van der Waals surface area contributed by atoms with Crippen molar-refractivity contribution in [1.29, 1.82) is 5.26 Å². The monoisotopic (exact) mass is 420 g/mol. The molecule has 0 bridgehead atoms. The van der Waals surface area contributed by atoms with Crippen LogP contribution in [-0.4, -0.2) is 30.1 Å². The van der Waals surface area contributed by atoms with Crippen LogP contribution >= 0.6 is 11.6 Å². The van der Waals surface area contributed by atoms with Crippen molar-refractivity contribution in [3.05, 3.63) is 64.3 Å². The predicted octanol–water partition coefficient (Wildman–Crippen LogP) is 5.37. The smallest absolute Gasteiger partial charge is 0.137 e. The zero-order valence-electron chi connectivity index (χ0n) is 17.1. The number of pyridine rings is 1. The Morgan fingerprint density at radius 3 is 2.73 bits per heavy atom. The van der Waals surface area contributed by atoms with E-state index in [2.05, 4.69) is 21.3 Å². The third-order valence-corrected chi connectivity index (χ3v) is 5.90. The first-order valence-electron chi connectivity index (χ1n) is 10.3. The maximum absolute atomic E-state index is 9.38. The topological polar surface area (TPSA) is 61.2 Å². The van der Waals surface area contributed by atoms with E-state index in [1.54, 1.807) is 7.11 Å². The van der Waals surface area contributed by atoms with Crippen molar-refractivity contribution in [3.63, 3.8) is 0 Å². The number of methoxy groups -OCH3 is 1. The molecule has 5 nitrogen and oxygen atoms in total. The maximum atomic E-state index is 9.38. The largest absolute Gasteiger partial charge is 0.495 e. The van der Waals surface area contributed by atoms with Crippen molar-refractivity contribution in [2.75, 3.05) is 25.5 Å². The number of nitriles is 1. The van der Waals surface area contributed by atoms with Crippen molar-refractivity contribution in [1.82, 2.24) is 9.88 Å². The van der Waals surface area contributed by atoms with Gasteiger partial charge in [-0.1, -0.05) is 24.1 Å². The molecule has 6 heteroatoms. The Hall–Kier alpha value is -2.81. The van der Waals surface area contributed by atoms with Gasteiger partial charge >= 0.3 is 0 Å². The van der Waals surface area contributed by atoms with Gasteiger partial charge < -0.3 is 10.1 Å². The van der Waals surface area contributed by atoms with Crippen LogP contribution in [0.15, 0.2) is 42.6 Å². The Labute approximate surface area is 182 Å². The number of hydrogen-bond donors (Lipinski definition) is 1. The van der Waals surface area contributed by atoms with E-state index in [0.29, 0.717) is 22.9 Å². The van der Waals surface area contributed by atoms with Gasteiger partial charge in [-0.3, -0.25) is 9.88 Å². The number of anilines is 1. The molecule has 0 spiro atoms. The van der Waals surface area contributed by atoms with Gasteiger partial charge in [0.25, 0.3) is 0 Å². The van der Waals surface area contributed by atoms with Crippen molar-refractivity contribution in [2.24, 2.45) is 0 Å². The van der Waals surface area contributed by atoms with Crippen molar-refractivity contribution < 1.29 is 4.74 Å². The third-order valence-electron chi connectivity index (χ3n) is 5.60. The first-order chi connectivity index (χ1) is 14.7. The predicted molar refractivity (Wildman–Crippen MR) is 121 cm³/mol. The van der Waals surface area contributed by atoms with Gasteiger partial charge in [0, 0.05) is 35.9 Å². The second kappa shape index (κ2) is 9.34. The number of nitrogens with one attached hydrogen (secondary N) is 1. The van der Waals surface area contributed by atoms with Gasteiger partial charge in [0.1, 0.15) is 5.75 Å². The lowest BCUT2D eigenvalue weighted by molar-refractivity contribution is 0.221. The second-order valence-corrected chi connectivity index (χ2v) is 8.07. The van der Waals surface area contributed by atoms with Gasteiger partial charge in [-0.05, 0) is 61.8 Å². The van der Waals surface area contributed by atoms with Gasteiger partial charge in [0.15, 0.2) is 0 Å². The van der Waals surface area contributed by atoms with Crippen molar-refractivity contribution in [2.45, 2.75) is 32.4 Å². The van der Waals surface area contributed by atoms with Crippen LogP contribution in [-0.2, 0) is 13.1 Å². The molecule has 2 aromatic carbocycles. The SMILES string of the molecule is COc1ccc(CNc2c(CN3CCCCC3)cnc3ccc(C#N)cc23)cc1Cl. The minimum absolute atomic E-state index is 0.594. The Morgan fingerprint density at radius 1 is 1.17 bits per heavy atom. The zero-order valence-corrected chi connectivity index (χ0v) is 17.9. The molecule has 1 saturated heterocycles. The average Bonchev–Trinajstić information content (AvgIpc) is 2.78. The average molecular weight is 421 g/mol. The van der Waals surface area contributed by atoms with Crippen LogP contribution in [0.4, 0.5) is 5.69 Å². The van der Waals surface area contributed by atoms with E-state index in [1.807, 2.05) is 42.6 Å². The molecule has 0 amide bonds. The first kappa shape index (κ1) is 20.5. The molecule has 1 fully saturated rings. The van der Waals surface area contributed by atoms with Crippen molar-refractivity contribution in [3.8, 4) is 11.8 Å². The van der Waals surface area contributed by atoms with Gasteiger partial charge in [-0.15, -0.1) is 0 Å². The number of hydrogen-bond acceptors (Lipinski definition) is 5. The normalized spacial score (nSPS) is 14.4. The highest BCUT2D eigenvalue weighted by Crippen LogP contribution is 2.30. The maximum Gasteiger partial charge on any atom is 0.137 e. The van der Waals surface area contributed by atoms with E-state index >= 15 is 0 Å². The van der Waals surface area contributed by atoms with Crippen molar-refractivity contribution >= 4 is 28.2 Å². The van der Waals surface area contributed by atoms with Crippen LogP contribution < -0.4 is 10.1 Å². The number of nitrogens with zero attached hydrogens (tertiary/aromatic N) is 3. The highest BCUT2D eigenvalue weighted by atomic mass is 35.5. The van der Waals surface area contributed by atoms with E-state index in [0.717, 1.165) is 47.4 Å². The van der Waals surface area contributed by atoms with Gasteiger partial charge in [0.2, 0.25) is 0 Å². The summed E-state index contributed by atoms with van der Waals surface area (Å²) in [7, 11) is 1.61. The molecule has 0 unspecified atom stereocenters. The quantitative estimate of drug-likeness (QED) is 0.581. The van der Waals surface area contributed by atoms with Gasteiger partial charge in [-0.2, -0.15) is 5.26 Å². The highest BCUT2D eigenvalue weighted by Gasteiger charge is 2.16. The van der Waals surface area contributed by atoms with E-state index in [-0.39, 0.29) is 0 Å². The van der Waals surface area contributed by atoms with Crippen LogP contribution in [0.25, 0.3) is 10.9 Å². The number of fused-ring (bicyclic) bond motifs is 1. The fourth-order valence-corrected chi connectivity index (χ4v) is 4.28. The Kier molecular flexibility index (Phi) is 6.37. The summed E-state index contributed by atoms with van der Waals surface area (Å²) in [6.45, 7) is 3.70. The zero-order chi connectivity index (χ0) is 20.9. The molecule has 1 aliphatic heterocycles. The summed E-state index contributed by atoms with van der Waals surface area (Å²) in [5.74, 6) is 0.666. The molecule has 30 heavy (non-hydrogen) atoms. The summed E-state index contributed by atoms with van der Waals surface area (Å²) in [4.78, 5) is 7.14. The molecule has 1 N–H and O–H groups in total. The molecule has 0 atom stereocenters. The van der Waals surface area contributed by atoms with E-state index in [1.165, 1.54) is 19.3 Å². The summed E-state index contributed by atoms with van der Waals surface area (Å²) < 4.78 is 5.25. The number of likely N-dealkylation sites (tertiary alicyclic amines) is 1. The molecular weight excluding hydrogens is 396 g/mol. The lowest BCUT2D eigenvalue weighted by Crippen LogP contribution is -2.29. The third kappa shape index (κ3) is 4.51. The van der Waals surface area contributed by atoms with Crippen LogP contribution in [0.1, 0.15) is 36.0 Å². The standard InChI is InChI=1S/C24H25ClN4O/c1-30-23-8-6-18(12-21(23)25)14-28-24-19(16-29-9-3-2-4-10-29)15-27-22-7-5-17(13-26)11-20(22)24/h5-8,11-12,15H,2-4,9-10,14,16H2,1H3,(H,27,28). The van der Waals surface area contributed by atoms with Gasteiger partial charge in [0.05, 0.1) is 29.3 Å². The fourth-order valence-electron chi connectivity index (χ4n) is 4.00. The molecule has 4 rings (SSSR count). The minimum Gasteiger partial charge on any atom is -0.495 e. The number of ether oxygens (including phenoxy) is 1. The fraction of sp³-hybridized carbons (Fsp3) is 0.333. The van der Waals surface area contributed by atoms with Crippen LogP contribution in [0.2, 0.25) is 5.02 Å². The molecule has 154 valence electrons. The summed E-state index contributed by atoms with van der Waals surface area (Å²) in [6, 6.07) is 13.7. The Balaban J connectivity index is 1.67. The van der Waals surface area contributed by atoms with Crippen LogP contribution in [0, 0.1) is 11.3 Å². The lowest BCUT2D eigenvalue weighted by Gasteiger charge is -2.27. The number of benzene rings is 2. The summed E-state index contributed by atoms with van der Waals surface area (Å²) in [6.07, 6.45) is 5.76. The minimum atomic E-state index is 0.594. The summed E-state index contributed by atoms with van der Waals surface area (Å²) >= 11 is 6.30. The molecule has 2 heterocycles. The first-order valence-corrected chi connectivity index (χ1v) is 10.7. The number of halogens is 1. The molecule has 1 aliphatic rings. The Bertz CT molecular complexity index is 1090. The number of aromatic nitrogens is 1. The highest BCUT2D eigenvalue weighted by molar-refractivity contribution is 6.32. The number of piperidine rings is 1. The molecule has 0 aliphatic carbocycles. The van der Waals surface area contributed by atoms with E-state index in [4.69, 9.17) is 16.3 Å². The number of rotatable bonds is 6. The van der Waals surface area contributed by atoms with Crippen LogP contribution in [0.5, 0.6) is 5.75 Å². The second-order valence-electron chi connectivity index (χ2n) is 7.66. The van der Waals surface area contributed by atoms with Crippen LogP contribution in [0.3, 0.4) is 0 Å². The molecule has 0 radical (unpaired) electrons. The Morgan fingerprint density at radius 2 is 2.00 bits per heavy atom. The summed E-state index contributed by atoms with van der Waals surface area (Å²) in [5.41, 5.74) is 4.77. The molecular formula is C24H25ClN4O. The summed E-state index contributed by atoms with van der Waals surface area (Å²) in [5, 5.41) is 14.6.